The van der Waals surface area contributed by atoms with Gasteiger partial charge in [0.25, 0.3) is 5.91 Å². The van der Waals surface area contributed by atoms with Crippen molar-refractivity contribution in [3.63, 3.8) is 0 Å². The lowest BCUT2D eigenvalue weighted by Gasteiger charge is -2.27. The summed E-state index contributed by atoms with van der Waals surface area (Å²) in [7, 11) is 1.61. The molecule has 0 aliphatic carbocycles. The molecule has 2 aliphatic heterocycles. The summed E-state index contributed by atoms with van der Waals surface area (Å²) < 4.78 is 10.8. The van der Waals surface area contributed by atoms with Crippen molar-refractivity contribution in [1.82, 2.24) is 4.90 Å². The van der Waals surface area contributed by atoms with E-state index in [0.29, 0.717) is 5.56 Å². The van der Waals surface area contributed by atoms with Crippen LogP contribution in [-0.4, -0.2) is 55.8 Å². The van der Waals surface area contributed by atoms with Gasteiger partial charge in [-0.25, -0.2) is 4.79 Å². The topological polar surface area (TPSA) is 71.1 Å². The summed E-state index contributed by atoms with van der Waals surface area (Å²) in [5.41, 5.74) is 3.03. The molecule has 4 rings (SSSR count). The first-order valence-electron chi connectivity index (χ1n) is 11.9. The number of hydrogen-bond acceptors (Lipinski definition) is 5. The minimum atomic E-state index is -0.474. The summed E-state index contributed by atoms with van der Waals surface area (Å²) in [5, 5.41) is 2.98. The van der Waals surface area contributed by atoms with E-state index in [1.807, 2.05) is 50.8 Å². The van der Waals surface area contributed by atoms with Crippen LogP contribution in [-0.2, 0) is 4.74 Å². The number of nitrogens with zero attached hydrogens (tertiary/aromatic N) is 2. The number of anilines is 2. The molecular weight excluding hydrogens is 430 g/mol. The Morgan fingerprint density at radius 1 is 1.00 bits per heavy atom. The number of ether oxygens (including phenoxy) is 2. The SMILES string of the molecule is COc1ccc(C(=O)Nc2ccc(N3CCC4(CCN(C(=O)OC(C)(C)C)C4)C3)cc2)c(C)c1. The van der Waals surface area contributed by atoms with E-state index in [1.54, 1.807) is 19.2 Å². The zero-order valence-electron chi connectivity index (χ0n) is 20.8. The number of nitrogens with one attached hydrogen (secondary N) is 1. The van der Waals surface area contributed by atoms with Gasteiger partial charge in [0, 0.05) is 48.5 Å². The van der Waals surface area contributed by atoms with E-state index in [0.717, 1.165) is 61.7 Å². The predicted octanol–water partition coefficient (Wildman–Crippen LogP) is 5.09. The maximum absolute atomic E-state index is 12.7. The number of carbonyl (C=O) groups is 2. The lowest BCUT2D eigenvalue weighted by Crippen LogP contribution is -2.37. The molecule has 2 aromatic carbocycles. The van der Waals surface area contributed by atoms with E-state index in [2.05, 4.69) is 22.3 Å². The summed E-state index contributed by atoms with van der Waals surface area (Å²) in [5.74, 6) is 0.597. The number of aryl methyl sites for hydroxylation is 1. The van der Waals surface area contributed by atoms with Crippen LogP contribution >= 0.6 is 0 Å². The molecule has 182 valence electrons. The summed E-state index contributed by atoms with van der Waals surface area (Å²) in [6, 6.07) is 13.4. The highest BCUT2D eigenvalue weighted by molar-refractivity contribution is 6.05. The van der Waals surface area contributed by atoms with Crippen LogP contribution in [0.1, 0.15) is 49.5 Å². The molecular formula is C27H35N3O4. The molecule has 2 amide bonds. The van der Waals surface area contributed by atoms with Crippen molar-refractivity contribution in [2.45, 2.75) is 46.1 Å². The fourth-order valence-corrected chi connectivity index (χ4v) is 4.88. The molecule has 0 saturated carbocycles. The first-order chi connectivity index (χ1) is 16.1. The molecule has 0 radical (unpaired) electrons. The van der Waals surface area contributed by atoms with E-state index < -0.39 is 5.60 Å². The van der Waals surface area contributed by atoms with Crippen molar-refractivity contribution in [3.05, 3.63) is 53.6 Å². The van der Waals surface area contributed by atoms with Crippen molar-refractivity contribution in [1.29, 1.82) is 0 Å². The number of carbonyl (C=O) groups excluding carboxylic acids is 2. The Morgan fingerprint density at radius 2 is 1.71 bits per heavy atom. The van der Waals surface area contributed by atoms with Crippen molar-refractivity contribution in [2.75, 3.05) is 43.5 Å². The average molecular weight is 466 g/mol. The van der Waals surface area contributed by atoms with Gasteiger partial charge in [0.05, 0.1) is 7.11 Å². The van der Waals surface area contributed by atoms with Gasteiger partial charge in [0.1, 0.15) is 11.4 Å². The number of likely N-dealkylation sites (tertiary alicyclic amines) is 1. The Morgan fingerprint density at radius 3 is 2.35 bits per heavy atom. The quantitative estimate of drug-likeness (QED) is 0.681. The van der Waals surface area contributed by atoms with Crippen LogP contribution in [0, 0.1) is 12.3 Å². The fraction of sp³-hybridized carbons (Fsp3) is 0.481. The van der Waals surface area contributed by atoms with Gasteiger partial charge in [-0.2, -0.15) is 0 Å². The lowest BCUT2D eigenvalue weighted by molar-refractivity contribution is 0.0276. The van der Waals surface area contributed by atoms with Crippen molar-refractivity contribution < 1.29 is 19.1 Å². The molecule has 2 fully saturated rings. The van der Waals surface area contributed by atoms with Crippen LogP contribution in [0.25, 0.3) is 0 Å². The molecule has 7 heteroatoms. The molecule has 2 aliphatic rings. The molecule has 1 unspecified atom stereocenters. The second-order valence-corrected chi connectivity index (χ2v) is 10.5. The standard InChI is InChI=1S/C27H35N3O4/c1-19-16-22(33-5)10-11-23(19)24(31)28-20-6-8-21(9-7-20)29-14-12-27(17-29)13-15-30(18-27)25(32)34-26(2,3)4/h6-11,16H,12-15,17-18H2,1-5H3,(H,28,31). The maximum Gasteiger partial charge on any atom is 0.410 e. The molecule has 7 nitrogen and oxygen atoms in total. The van der Waals surface area contributed by atoms with Gasteiger partial charge in [-0.3, -0.25) is 4.79 Å². The molecule has 1 spiro atoms. The van der Waals surface area contributed by atoms with Gasteiger partial charge in [-0.15, -0.1) is 0 Å². The zero-order valence-corrected chi connectivity index (χ0v) is 20.8. The van der Waals surface area contributed by atoms with E-state index in [4.69, 9.17) is 9.47 Å². The molecule has 2 heterocycles. The van der Waals surface area contributed by atoms with E-state index >= 15 is 0 Å². The minimum absolute atomic E-state index is 0.121. The van der Waals surface area contributed by atoms with Crippen LogP contribution in [0.2, 0.25) is 0 Å². The van der Waals surface area contributed by atoms with Gasteiger partial charge in [-0.05, 0) is 88.6 Å². The Labute approximate surface area is 202 Å². The molecule has 2 saturated heterocycles. The molecule has 34 heavy (non-hydrogen) atoms. The highest BCUT2D eigenvalue weighted by atomic mass is 16.6. The van der Waals surface area contributed by atoms with Crippen LogP contribution < -0.4 is 15.0 Å². The number of rotatable bonds is 4. The smallest absolute Gasteiger partial charge is 0.410 e. The predicted molar refractivity (Wildman–Crippen MR) is 134 cm³/mol. The first-order valence-corrected chi connectivity index (χ1v) is 11.9. The van der Waals surface area contributed by atoms with E-state index in [-0.39, 0.29) is 17.4 Å². The Bertz CT molecular complexity index is 1060. The Kier molecular flexibility index (Phi) is 6.47. The largest absolute Gasteiger partial charge is 0.497 e. The highest BCUT2D eigenvalue weighted by Crippen LogP contribution is 2.41. The third-order valence-electron chi connectivity index (χ3n) is 6.70. The van der Waals surface area contributed by atoms with E-state index in [1.165, 1.54) is 0 Å². The van der Waals surface area contributed by atoms with Crippen molar-refractivity contribution in [3.8, 4) is 5.75 Å². The van der Waals surface area contributed by atoms with Gasteiger partial charge in [0.15, 0.2) is 0 Å². The van der Waals surface area contributed by atoms with Crippen LogP contribution in [0.5, 0.6) is 5.75 Å². The van der Waals surface area contributed by atoms with Crippen LogP contribution in [0.4, 0.5) is 16.2 Å². The molecule has 0 bridgehead atoms. The molecule has 1 N–H and O–H groups in total. The van der Waals surface area contributed by atoms with Crippen molar-refractivity contribution in [2.24, 2.45) is 5.41 Å². The second kappa shape index (κ2) is 9.20. The van der Waals surface area contributed by atoms with Gasteiger partial charge in [-0.1, -0.05) is 0 Å². The molecule has 2 aromatic rings. The van der Waals surface area contributed by atoms with Crippen LogP contribution in [0.3, 0.4) is 0 Å². The number of methoxy groups -OCH3 is 1. The first kappa shape index (κ1) is 23.9. The highest BCUT2D eigenvalue weighted by Gasteiger charge is 2.45. The van der Waals surface area contributed by atoms with Gasteiger partial charge < -0.3 is 24.6 Å². The Balaban J connectivity index is 1.35. The molecule has 0 aromatic heterocycles. The Hall–Kier alpha value is -3.22. The van der Waals surface area contributed by atoms with Crippen LogP contribution in [0.15, 0.2) is 42.5 Å². The second-order valence-electron chi connectivity index (χ2n) is 10.5. The zero-order chi connectivity index (χ0) is 24.5. The average Bonchev–Trinajstić information content (AvgIpc) is 3.40. The normalized spacial score (nSPS) is 20.0. The lowest BCUT2D eigenvalue weighted by atomic mass is 9.86. The molecule has 1 atom stereocenters. The number of benzene rings is 2. The minimum Gasteiger partial charge on any atom is -0.497 e. The summed E-state index contributed by atoms with van der Waals surface area (Å²) in [6.45, 7) is 11.0. The summed E-state index contributed by atoms with van der Waals surface area (Å²) in [4.78, 5) is 29.4. The third kappa shape index (κ3) is 5.29. The summed E-state index contributed by atoms with van der Waals surface area (Å²) in [6.07, 6.45) is 1.84. The van der Waals surface area contributed by atoms with Gasteiger partial charge >= 0.3 is 6.09 Å². The third-order valence-corrected chi connectivity index (χ3v) is 6.70. The van der Waals surface area contributed by atoms with E-state index in [9.17, 15) is 9.59 Å². The maximum atomic E-state index is 12.7. The number of amides is 2. The van der Waals surface area contributed by atoms with Crippen molar-refractivity contribution >= 4 is 23.4 Å². The monoisotopic (exact) mass is 465 g/mol. The summed E-state index contributed by atoms with van der Waals surface area (Å²) >= 11 is 0. The van der Waals surface area contributed by atoms with Gasteiger partial charge in [0.2, 0.25) is 0 Å². The fourth-order valence-electron chi connectivity index (χ4n) is 4.88. The number of hydrogen-bond donors (Lipinski definition) is 1.